The maximum atomic E-state index is 13.4. The van der Waals surface area contributed by atoms with Crippen molar-refractivity contribution in [3.8, 4) is 11.3 Å². The summed E-state index contributed by atoms with van der Waals surface area (Å²) in [5, 5.41) is 3.91. The van der Waals surface area contributed by atoms with E-state index in [9.17, 15) is 9.18 Å². The molecule has 6 nitrogen and oxygen atoms in total. The van der Waals surface area contributed by atoms with Crippen molar-refractivity contribution in [3.63, 3.8) is 0 Å². The van der Waals surface area contributed by atoms with Crippen LogP contribution in [-0.2, 0) is 16.1 Å². The summed E-state index contributed by atoms with van der Waals surface area (Å²) in [6.45, 7) is 1.42. The van der Waals surface area contributed by atoms with Gasteiger partial charge in [0.05, 0.1) is 10.5 Å². The third-order valence-electron chi connectivity index (χ3n) is 4.18. The molecular formula is C21H15ClFN3O3. The third kappa shape index (κ3) is 4.20. The molecule has 0 fully saturated rings. The summed E-state index contributed by atoms with van der Waals surface area (Å²) in [6.07, 6.45) is 1.44. The number of anilines is 2. The monoisotopic (exact) mass is 411 g/mol. The topological polar surface area (TPSA) is 77.2 Å². The van der Waals surface area contributed by atoms with Crippen LogP contribution in [0.1, 0.15) is 12.7 Å². The molecule has 2 aromatic carbocycles. The Bertz CT molecular complexity index is 1210. The molecule has 0 unspecified atom stereocenters. The number of ether oxygens (including phenoxy) is 1. The molecule has 0 bridgehead atoms. The first-order valence-electron chi connectivity index (χ1n) is 8.69. The lowest BCUT2D eigenvalue weighted by Gasteiger charge is -2.10. The van der Waals surface area contributed by atoms with Crippen LogP contribution in [0.5, 0.6) is 0 Å². The van der Waals surface area contributed by atoms with Crippen LogP contribution in [0, 0.1) is 5.82 Å². The Morgan fingerprint density at radius 1 is 1.17 bits per heavy atom. The quantitative estimate of drug-likeness (QED) is 0.437. The highest BCUT2D eigenvalue weighted by Crippen LogP contribution is 2.30. The van der Waals surface area contributed by atoms with Gasteiger partial charge < -0.3 is 14.5 Å². The molecule has 146 valence electrons. The molecule has 4 rings (SSSR count). The summed E-state index contributed by atoms with van der Waals surface area (Å²) in [5.74, 6) is 0.843. The van der Waals surface area contributed by atoms with E-state index in [0.29, 0.717) is 23.0 Å². The van der Waals surface area contributed by atoms with Gasteiger partial charge in [-0.15, -0.1) is 0 Å². The number of halogens is 2. The fraction of sp³-hybridized carbons (Fsp3) is 0.0952. The van der Waals surface area contributed by atoms with Gasteiger partial charge in [-0.05, 0) is 48.5 Å². The number of carbonyl (C=O) groups excluding carboxylic acids is 1. The number of carbonyl (C=O) groups is 1. The van der Waals surface area contributed by atoms with Crippen LogP contribution >= 0.6 is 11.6 Å². The Morgan fingerprint density at radius 3 is 2.83 bits per heavy atom. The molecule has 0 radical (unpaired) electrons. The highest BCUT2D eigenvalue weighted by molar-refractivity contribution is 6.31. The largest absolute Gasteiger partial charge is 0.458 e. The minimum Gasteiger partial charge on any atom is -0.458 e. The summed E-state index contributed by atoms with van der Waals surface area (Å²) < 4.78 is 24.1. The Labute approximate surface area is 170 Å². The van der Waals surface area contributed by atoms with Gasteiger partial charge in [0, 0.05) is 23.6 Å². The fourth-order valence-corrected chi connectivity index (χ4v) is 2.98. The van der Waals surface area contributed by atoms with Gasteiger partial charge in [0.1, 0.15) is 36.1 Å². The maximum Gasteiger partial charge on any atom is 0.303 e. The van der Waals surface area contributed by atoms with Crippen LogP contribution in [0.15, 0.2) is 59.3 Å². The molecule has 29 heavy (non-hydrogen) atoms. The van der Waals surface area contributed by atoms with Gasteiger partial charge in [-0.2, -0.15) is 0 Å². The molecular weight excluding hydrogens is 397 g/mol. The predicted octanol–water partition coefficient (Wildman–Crippen LogP) is 5.49. The van der Waals surface area contributed by atoms with E-state index in [4.69, 9.17) is 20.8 Å². The van der Waals surface area contributed by atoms with Crippen molar-refractivity contribution in [2.45, 2.75) is 13.5 Å². The summed E-state index contributed by atoms with van der Waals surface area (Å²) >= 11 is 5.86. The molecule has 2 heterocycles. The van der Waals surface area contributed by atoms with Crippen LogP contribution < -0.4 is 5.32 Å². The van der Waals surface area contributed by atoms with E-state index < -0.39 is 5.82 Å². The zero-order chi connectivity index (χ0) is 20.4. The zero-order valence-corrected chi connectivity index (χ0v) is 16.0. The Morgan fingerprint density at radius 2 is 2.03 bits per heavy atom. The van der Waals surface area contributed by atoms with Gasteiger partial charge in [-0.1, -0.05) is 11.6 Å². The Balaban J connectivity index is 1.67. The normalized spacial score (nSPS) is 10.9. The number of rotatable bonds is 5. The second kappa shape index (κ2) is 7.89. The third-order valence-corrected chi connectivity index (χ3v) is 4.47. The van der Waals surface area contributed by atoms with Gasteiger partial charge in [0.15, 0.2) is 0 Å². The van der Waals surface area contributed by atoms with Crippen LogP contribution in [0.2, 0.25) is 5.02 Å². The standard InChI is InChI=1S/C21H15ClFN3O3/c1-12(27)28-10-15-4-7-20(29-15)13-2-6-19-16(8-13)21(25-11-24-19)26-14-3-5-18(23)17(22)9-14/h2-9,11H,10H2,1H3,(H,24,25,26). The van der Waals surface area contributed by atoms with Crippen LogP contribution in [0.3, 0.4) is 0 Å². The molecule has 4 aromatic rings. The molecule has 0 saturated carbocycles. The van der Waals surface area contributed by atoms with Crippen molar-refractivity contribution < 1.29 is 18.3 Å². The summed E-state index contributed by atoms with van der Waals surface area (Å²) in [7, 11) is 0. The van der Waals surface area contributed by atoms with Crippen LogP contribution in [0.25, 0.3) is 22.2 Å². The molecule has 8 heteroatoms. The number of nitrogens with zero attached hydrogens (tertiary/aromatic N) is 2. The van der Waals surface area contributed by atoms with E-state index in [1.54, 1.807) is 18.2 Å². The van der Waals surface area contributed by atoms with E-state index >= 15 is 0 Å². The van der Waals surface area contributed by atoms with Crippen molar-refractivity contribution >= 4 is 40.0 Å². The van der Waals surface area contributed by atoms with Crippen LogP contribution in [0.4, 0.5) is 15.9 Å². The Hall–Kier alpha value is -3.45. The van der Waals surface area contributed by atoms with E-state index in [0.717, 1.165) is 16.5 Å². The number of hydrogen-bond acceptors (Lipinski definition) is 6. The molecule has 0 atom stereocenters. The van der Waals surface area contributed by atoms with E-state index in [2.05, 4.69) is 15.3 Å². The Kier molecular flexibility index (Phi) is 5.14. The van der Waals surface area contributed by atoms with Gasteiger partial charge in [-0.25, -0.2) is 14.4 Å². The minimum atomic E-state index is -0.491. The van der Waals surface area contributed by atoms with E-state index in [1.807, 2.05) is 18.2 Å². The molecule has 0 aliphatic heterocycles. The number of aromatic nitrogens is 2. The first-order valence-corrected chi connectivity index (χ1v) is 9.07. The number of esters is 1. The van der Waals surface area contributed by atoms with Gasteiger partial charge in [-0.3, -0.25) is 4.79 Å². The van der Waals surface area contributed by atoms with E-state index in [-0.39, 0.29) is 17.6 Å². The number of furan rings is 1. The number of hydrogen-bond donors (Lipinski definition) is 1. The molecule has 2 aromatic heterocycles. The number of fused-ring (bicyclic) bond motifs is 1. The predicted molar refractivity (Wildman–Crippen MR) is 107 cm³/mol. The minimum absolute atomic E-state index is 0.0185. The van der Waals surface area contributed by atoms with Gasteiger partial charge in [0.25, 0.3) is 0 Å². The molecule has 1 N–H and O–H groups in total. The first kappa shape index (κ1) is 18.9. The van der Waals surface area contributed by atoms with Crippen molar-refractivity contribution in [2.75, 3.05) is 5.32 Å². The smallest absolute Gasteiger partial charge is 0.303 e. The average Bonchev–Trinajstić information content (AvgIpc) is 3.18. The first-order chi connectivity index (χ1) is 14.0. The molecule has 0 amide bonds. The van der Waals surface area contributed by atoms with Crippen molar-refractivity contribution in [2.24, 2.45) is 0 Å². The van der Waals surface area contributed by atoms with Crippen molar-refractivity contribution in [1.29, 1.82) is 0 Å². The SMILES string of the molecule is CC(=O)OCc1ccc(-c2ccc3ncnc(Nc4ccc(F)c(Cl)c4)c3c2)o1. The molecule has 0 spiro atoms. The second-order valence-electron chi connectivity index (χ2n) is 6.25. The summed E-state index contributed by atoms with van der Waals surface area (Å²) in [6, 6.07) is 13.5. The number of nitrogens with one attached hydrogen (secondary N) is 1. The molecule has 0 aliphatic rings. The highest BCUT2D eigenvalue weighted by Gasteiger charge is 2.11. The second-order valence-corrected chi connectivity index (χ2v) is 6.66. The lowest BCUT2D eigenvalue weighted by atomic mass is 10.1. The number of benzene rings is 2. The maximum absolute atomic E-state index is 13.4. The lowest BCUT2D eigenvalue weighted by Crippen LogP contribution is -1.97. The zero-order valence-electron chi connectivity index (χ0n) is 15.3. The average molecular weight is 412 g/mol. The highest BCUT2D eigenvalue weighted by atomic mass is 35.5. The van der Waals surface area contributed by atoms with Gasteiger partial charge in [0.2, 0.25) is 0 Å². The fourth-order valence-electron chi connectivity index (χ4n) is 2.80. The summed E-state index contributed by atoms with van der Waals surface area (Å²) in [4.78, 5) is 19.5. The van der Waals surface area contributed by atoms with Crippen molar-refractivity contribution in [1.82, 2.24) is 9.97 Å². The van der Waals surface area contributed by atoms with Gasteiger partial charge >= 0.3 is 5.97 Å². The molecule has 0 aliphatic carbocycles. The summed E-state index contributed by atoms with van der Waals surface area (Å²) in [5.41, 5.74) is 2.14. The van der Waals surface area contributed by atoms with Crippen molar-refractivity contribution in [3.05, 3.63) is 71.5 Å². The molecule has 0 saturated heterocycles. The van der Waals surface area contributed by atoms with Crippen LogP contribution in [-0.4, -0.2) is 15.9 Å². The van der Waals surface area contributed by atoms with E-state index in [1.165, 1.54) is 25.4 Å². The lowest BCUT2D eigenvalue weighted by molar-refractivity contribution is -0.142.